The SMILES string of the molecule is CC(=O)c1cc(OCCC(C)C)ccc1OCCC(C)C. The van der Waals surface area contributed by atoms with E-state index < -0.39 is 0 Å². The van der Waals surface area contributed by atoms with Crippen LogP contribution in [0.5, 0.6) is 11.5 Å². The minimum absolute atomic E-state index is 0.00357. The van der Waals surface area contributed by atoms with Crippen LogP contribution in [0.4, 0.5) is 0 Å². The van der Waals surface area contributed by atoms with Crippen molar-refractivity contribution >= 4 is 5.78 Å². The summed E-state index contributed by atoms with van der Waals surface area (Å²) in [4.78, 5) is 11.8. The van der Waals surface area contributed by atoms with Crippen LogP contribution in [-0.4, -0.2) is 19.0 Å². The van der Waals surface area contributed by atoms with E-state index in [0.717, 1.165) is 18.6 Å². The molecule has 0 aliphatic rings. The molecule has 0 radical (unpaired) electrons. The van der Waals surface area contributed by atoms with E-state index >= 15 is 0 Å². The van der Waals surface area contributed by atoms with Crippen molar-refractivity contribution < 1.29 is 14.3 Å². The van der Waals surface area contributed by atoms with Crippen LogP contribution >= 0.6 is 0 Å². The molecule has 1 aromatic carbocycles. The van der Waals surface area contributed by atoms with Gasteiger partial charge < -0.3 is 9.47 Å². The summed E-state index contributed by atoms with van der Waals surface area (Å²) in [7, 11) is 0. The van der Waals surface area contributed by atoms with Crippen LogP contribution in [0.1, 0.15) is 57.8 Å². The molecule has 3 nitrogen and oxygen atoms in total. The van der Waals surface area contributed by atoms with Crippen molar-refractivity contribution in [3.8, 4) is 11.5 Å². The zero-order chi connectivity index (χ0) is 15.8. The molecule has 1 aromatic rings. The fourth-order valence-electron chi connectivity index (χ4n) is 1.82. The van der Waals surface area contributed by atoms with Gasteiger partial charge in [-0.15, -0.1) is 0 Å². The van der Waals surface area contributed by atoms with Crippen LogP contribution in [-0.2, 0) is 0 Å². The Morgan fingerprint density at radius 2 is 1.57 bits per heavy atom. The van der Waals surface area contributed by atoms with E-state index in [2.05, 4.69) is 27.7 Å². The molecule has 0 atom stereocenters. The predicted octanol–water partition coefficient (Wildman–Crippen LogP) is 4.74. The maximum absolute atomic E-state index is 11.8. The minimum Gasteiger partial charge on any atom is -0.494 e. The molecule has 3 heteroatoms. The number of hydrogen-bond acceptors (Lipinski definition) is 3. The highest BCUT2D eigenvalue weighted by Crippen LogP contribution is 2.25. The average molecular weight is 292 g/mol. The Morgan fingerprint density at radius 1 is 1.00 bits per heavy atom. The molecule has 0 spiro atoms. The number of Topliss-reactive ketones (excluding diaryl/α,β-unsaturated/α-hetero) is 1. The van der Waals surface area contributed by atoms with Gasteiger partial charge in [-0.3, -0.25) is 4.79 Å². The van der Waals surface area contributed by atoms with Crippen LogP contribution in [0.25, 0.3) is 0 Å². The predicted molar refractivity (Wildman–Crippen MR) is 86.3 cm³/mol. The van der Waals surface area contributed by atoms with Gasteiger partial charge in [0.05, 0.1) is 18.8 Å². The average Bonchev–Trinajstić information content (AvgIpc) is 2.39. The van der Waals surface area contributed by atoms with Gasteiger partial charge in [0.1, 0.15) is 11.5 Å². The van der Waals surface area contributed by atoms with Crippen molar-refractivity contribution in [3.05, 3.63) is 23.8 Å². The number of hydrogen-bond donors (Lipinski definition) is 0. The maximum Gasteiger partial charge on any atom is 0.163 e. The van der Waals surface area contributed by atoms with Crippen molar-refractivity contribution in [1.29, 1.82) is 0 Å². The van der Waals surface area contributed by atoms with Crippen molar-refractivity contribution in [1.82, 2.24) is 0 Å². The number of ether oxygens (including phenoxy) is 2. The van der Waals surface area contributed by atoms with Crippen molar-refractivity contribution in [3.63, 3.8) is 0 Å². The molecular formula is C18H28O3. The first kappa shape index (κ1) is 17.5. The molecule has 0 unspecified atom stereocenters. The van der Waals surface area contributed by atoms with Crippen LogP contribution in [0.2, 0.25) is 0 Å². The lowest BCUT2D eigenvalue weighted by atomic mass is 10.1. The fourth-order valence-corrected chi connectivity index (χ4v) is 1.82. The Kier molecular flexibility index (Phi) is 7.27. The quantitative estimate of drug-likeness (QED) is 0.617. The number of carbonyl (C=O) groups excluding carboxylic acids is 1. The summed E-state index contributed by atoms with van der Waals surface area (Å²) >= 11 is 0. The smallest absolute Gasteiger partial charge is 0.163 e. The third-order valence-corrected chi connectivity index (χ3v) is 3.25. The third kappa shape index (κ3) is 6.65. The summed E-state index contributed by atoms with van der Waals surface area (Å²) in [6.07, 6.45) is 1.98. The maximum atomic E-state index is 11.8. The topological polar surface area (TPSA) is 35.5 Å². The summed E-state index contributed by atoms with van der Waals surface area (Å²) in [5.74, 6) is 2.58. The van der Waals surface area contributed by atoms with E-state index in [0.29, 0.717) is 36.4 Å². The molecule has 0 aliphatic heterocycles. The van der Waals surface area contributed by atoms with Gasteiger partial charge in [-0.05, 0) is 49.8 Å². The number of ketones is 1. The Balaban J connectivity index is 2.70. The van der Waals surface area contributed by atoms with Gasteiger partial charge in [0.15, 0.2) is 5.78 Å². The van der Waals surface area contributed by atoms with Gasteiger partial charge in [0.25, 0.3) is 0 Å². The van der Waals surface area contributed by atoms with Crippen molar-refractivity contribution in [2.24, 2.45) is 11.8 Å². The summed E-state index contributed by atoms with van der Waals surface area (Å²) in [6.45, 7) is 11.5. The molecule has 0 aliphatic carbocycles. The molecule has 21 heavy (non-hydrogen) atoms. The van der Waals surface area contributed by atoms with E-state index in [9.17, 15) is 4.79 Å². The molecule has 0 saturated carbocycles. The summed E-state index contributed by atoms with van der Waals surface area (Å²) in [5.41, 5.74) is 0.598. The zero-order valence-electron chi connectivity index (χ0n) is 13.9. The first-order valence-corrected chi connectivity index (χ1v) is 7.80. The number of carbonyl (C=O) groups is 1. The second-order valence-electron chi connectivity index (χ2n) is 6.28. The van der Waals surface area contributed by atoms with E-state index in [4.69, 9.17) is 9.47 Å². The van der Waals surface area contributed by atoms with Gasteiger partial charge in [0, 0.05) is 0 Å². The molecule has 0 fully saturated rings. The van der Waals surface area contributed by atoms with Gasteiger partial charge in [-0.1, -0.05) is 27.7 Å². The standard InChI is InChI=1S/C18H28O3/c1-13(2)8-10-20-16-6-7-18(17(12-16)15(5)19)21-11-9-14(3)4/h6-7,12-14H,8-11H2,1-5H3. The Bertz CT molecular complexity index is 450. The van der Waals surface area contributed by atoms with Crippen molar-refractivity contribution in [2.45, 2.75) is 47.5 Å². The van der Waals surface area contributed by atoms with E-state index in [1.54, 1.807) is 13.0 Å². The highest BCUT2D eigenvalue weighted by molar-refractivity contribution is 5.97. The van der Waals surface area contributed by atoms with Crippen LogP contribution in [0.15, 0.2) is 18.2 Å². The molecule has 0 amide bonds. The molecule has 1 rings (SSSR count). The second-order valence-corrected chi connectivity index (χ2v) is 6.28. The van der Waals surface area contributed by atoms with Crippen LogP contribution in [0.3, 0.4) is 0 Å². The lowest BCUT2D eigenvalue weighted by Crippen LogP contribution is -2.06. The lowest BCUT2D eigenvalue weighted by Gasteiger charge is -2.13. The molecule has 0 N–H and O–H groups in total. The van der Waals surface area contributed by atoms with E-state index in [1.165, 1.54) is 0 Å². The highest BCUT2D eigenvalue weighted by atomic mass is 16.5. The minimum atomic E-state index is 0.00357. The summed E-state index contributed by atoms with van der Waals surface area (Å²) < 4.78 is 11.4. The Morgan fingerprint density at radius 3 is 2.10 bits per heavy atom. The van der Waals surface area contributed by atoms with Gasteiger partial charge in [-0.2, -0.15) is 0 Å². The van der Waals surface area contributed by atoms with Crippen LogP contribution in [0, 0.1) is 11.8 Å². The molecule has 0 heterocycles. The molecule has 118 valence electrons. The molecule has 0 saturated heterocycles. The van der Waals surface area contributed by atoms with Gasteiger partial charge in [-0.25, -0.2) is 0 Å². The lowest BCUT2D eigenvalue weighted by molar-refractivity contribution is 0.101. The summed E-state index contributed by atoms with van der Waals surface area (Å²) in [6, 6.07) is 5.49. The van der Waals surface area contributed by atoms with Crippen LogP contribution < -0.4 is 9.47 Å². The Hall–Kier alpha value is -1.51. The van der Waals surface area contributed by atoms with Crippen molar-refractivity contribution in [2.75, 3.05) is 13.2 Å². The monoisotopic (exact) mass is 292 g/mol. The second kappa shape index (κ2) is 8.71. The zero-order valence-corrected chi connectivity index (χ0v) is 13.9. The highest BCUT2D eigenvalue weighted by Gasteiger charge is 2.11. The van der Waals surface area contributed by atoms with E-state index in [1.807, 2.05) is 12.1 Å². The normalized spacial score (nSPS) is 11.0. The molecular weight excluding hydrogens is 264 g/mol. The third-order valence-electron chi connectivity index (χ3n) is 3.25. The first-order valence-electron chi connectivity index (χ1n) is 7.80. The largest absolute Gasteiger partial charge is 0.494 e. The number of benzene rings is 1. The molecule has 0 bridgehead atoms. The first-order chi connectivity index (χ1) is 9.90. The number of rotatable bonds is 9. The fraction of sp³-hybridized carbons (Fsp3) is 0.611. The summed E-state index contributed by atoms with van der Waals surface area (Å²) in [5, 5.41) is 0. The van der Waals surface area contributed by atoms with E-state index in [-0.39, 0.29) is 5.78 Å². The molecule has 0 aromatic heterocycles. The van der Waals surface area contributed by atoms with Gasteiger partial charge >= 0.3 is 0 Å². The Labute approximate surface area is 128 Å². The van der Waals surface area contributed by atoms with Gasteiger partial charge in [0.2, 0.25) is 0 Å².